The van der Waals surface area contributed by atoms with Gasteiger partial charge in [-0.15, -0.1) is 0 Å². The Morgan fingerprint density at radius 1 is 1.30 bits per heavy atom. The van der Waals surface area contributed by atoms with E-state index in [1.54, 1.807) is 7.11 Å². The molecule has 5 heteroatoms. The van der Waals surface area contributed by atoms with E-state index in [1.165, 1.54) is 0 Å². The molecule has 1 aliphatic rings. The van der Waals surface area contributed by atoms with Crippen molar-refractivity contribution in [3.63, 3.8) is 0 Å². The van der Waals surface area contributed by atoms with E-state index in [0.29, 0.717) is 12.0 Å². The number of carbonyl (C=O) groups excluding carboxylic acids is 1. The lowest BCUT2D eigenvalue weighted by molar-refractivity contribution is 0.0116. The van der Waals surface area contributed by atoms with Crippen molar-refractivity contribution in [2.45, 2.75) is 78.0 Å². The Hall–Kier alpha value is -0.810. The molecule has 0 spiro atoms. The number of carbonyl (C=O) groups is 1. The number of nitrogens with one attached hydrogen (secondary N) is 1. The molecule has 23 heavy (non-hydrogen) atoms. The fourth-order valence-corrected chi connectivity index (χ4v) is 2.78. The number of amides is 1. The molecular weight excluding hydrogens is 292 g/mol. The van der Waals surface area contributed by atoms with Crippen molar-refractivity contribution >= 4 is 6.09 Å². The van der Waals surface area contributed by atoms with Crippen LogP contribution in [0.1, 0.15) is 60.8 Å². The van der Waals surface area contributed by atoms with Crippen LogP contribution in [0.25, 0.3) is 0 Å². The van der Waals surface area contributed by atoms with Crippen LogP contribution in [0.15, 0.2) is 0 Å². The predicted molar refractivity (Wildman–Crippen MR) is 93.7 cm³/mol. The smallest absolute Gasteiger partial charge is 0.410 e. The van der Waals surface area contributed by atoms with Crippen molar-refractivity contribution in [1.29, 1.82) is 0 Å². The molecule has 1 saturated heterocycles. The Labute approximate surface area is 142 Å². The van der Waals surface area contributed by atoms with Gasteiger partial charge in [-0.2, -0.15) is 0 Å². The lowest BCUT2D eigenvalue weighted by Crippen LogP contribution is -2.48. The van der Waals surface area contributed by atoms with Gasteiger partial charge in [0.15, 0.2) is 0 Å². The maximum atomic E-state index is 12.2. The second-order valence-electron chi connectivity index (χ2n) is 8.29. The molecule has 0 radical (unpaired) electrons. The van der Waals surface area contributed by atoms with Crippen LogP contribution >= 0.6 is 0 Å². The van der Waals surface area contributed by atoms with Crippen molar-refractivity contribution in [3.05, 3.63) is 0 Å². The van der Waals surface area contributed by atoms with Crippen LogP contribution in [0, 0.1) is 5.92 Å². The summed E-state index contributed by atoms with van der Waals surface area (Å²) >= 11 is 0. The molecule has 1 N–H and O–H groups in total. The molecule has 1 aliphatic heterocycles. The van der Waals surface area contributed by atoms with E-state index in [9.17, 15) is 4.79 Å². The average Bonchev–Trinajstić information content (AvgIpc) is 2.45. The number of rotatable bonds is 6. The summed E-state index contributed by atoms with van der Waals surface area (Å²) < 4.78 is 10.9. The van der Waals surface area contributed by atoms with Crippen LogP contribution in [0.3, 0.4) is 0 Å². The fourth-order valence-electron chi connectivity index (χ4n) is 2.78. The van der Waals surface area contributed by atoms with Gasteiger partial charge in [-0.1, -0.05) is 0 Å². The van der Waals surface area contributed by atoms with E-state index in [-0.39, 0.29) is 11.7 Å². The van der Waals surface area contributed by atoms with E-state index >= 15 is 0 Å². The van der Waals surface area contributed by atoms with Gasteiger partial charge >= 0.3 is 6.09 Å². The number of hydrogen-bond donors (Lipinski definition) is 1. The molecule has 1 amide bonds. The molecule has 5 nitrogen and oxygen atoms in total. The van der Waals surface area contributed by atoms with Crippen LogP contribution < -0.4 is 5.32 Å². The van der Waals surface area contributed by atoms with Crippen molar-refractivity contribution in [1.82, 2.24) is 10.2 Å². The number of methoxy groups -OCH3 is 1. The molecule has 0 bridgehead atoms. The first-order valence-corrected chi connectivity index (χ1v) is 8.80. The van der Waals surface area contributed by atoms with Crippen LogP contribution in [0.4, 0.5) is 4.79 Å². The summed E-state index contributed by atoms with van der Waals surface area (Å²) in [6.07, 6.45) is 2.98. The Bertz CT molecular complexity index is 377. The number of nitrogens with zero attached hydrogens (tertiary/aromatic N) is 1. The van der Waals surface area contributed by atoms with Gasteiger partial charge in [0.05, 0.1) is 5.60 Å². The standard InChI is InChI=1S/C18H36N2O3/c1-14(19-11-10-18(5,6)22-7)15-9-8-12-20(13-15)16(21)23-17(2,3)4/h14-15,19H,8-13H2,1-7H3. The number of hydrogen-bond acceptors (Lipinski definition) is 4. The maximum Gasteiger partial charge on any atom is 0.410 e. The monoisotopic (exact) mass is 328 g/mol. The highest BCUT2D eigenvalue weighted by Crippen LogP contribution is 2.22. The molecule has 0 aliphatic carbocycles. The van der Waals surface area contributed by atoms with Gasteiger partial charge < -0.3 is 19.7 Å². The number of ether oxygens (including phenoxy) is 2. The SMILES string of the molecule is COC(C)(C)CCNC(C)C1CCCN(C(=O)OC(C)(C)C)C1. The zero-order valence-corrected chi connectivity index (χ0v) is 16.1. The Morgan fingerprint density at radius 2 is 1.96 bits per heavy atom. The lowest BCUT2D eigenvalue weighted by Gasteiger charge is -2.37. The van der Waals surface area contributed by atoms with Crippen molar-refractivity contribution in [2.24, 2.45) is 5.92 Å². The van der Waals surface area contributed by atoms with Gasteiger partial charge in [-0.05, 0) is 73.3 Å². The first kappa shape index (κ1) is 20.2. The quantitative estimate of drug-likeness (QED) is 0.811. The summed E-state index contributed by atoms with van der Waals surface area (Å²) in [6.45, 7) is 14.6. The third-order valence-electron chi connectivity index (χ3n) is 4.56. The van der Waals surface area contributed by atoms with E-state index < -0.39 is 5.60 Å². The van der Waals surface area contributed by atoms with Crippen LogP contribution in [-0.4, -0.2) is 55.0 Å². The Balaban J connectivity index is 2.43. The molecule has 1 rings (SSSR count). The van der Waals surface area contributed by atoms with E-state index in [1.807, 2.05) is 25.7 Å². The van der Waals surface area contributed by atoms with Gasteiger partial charge in [0, 0.05) is 26.2 Å². The second kappa shape index (κ2) is 8.34. The molecular formula is C18H36N2O3. The zero-order chi connectivity index (χ0) is 17.7. The minimum absolute atomic E-state index is 0.0954. The summed E-state index contributed by atoms with van der Waals surface area (Å²) in [7, 11) is 1.75. The zero-order valence-electron chi connectivity index (χ0n) is 16.1. The third kappa shape index (κ3) is 7.53. The summed E-state index contributed by atoms with van der Waals surface area (Å²) in [5.74, 6) is 0.474. The van der Waals surface area contributed by atoms with Gasteiger partial charge in [-0.25, -0.2) is 4.79 Å². The van der Waals surface area contributed by atoms with Crippen LogP contribution in [0.5, 0.6) is 0 Å². The molecule has 1 fully saturated rings. The topological polar surface area (TPSA) is 50.8 Å². The average molecular weight is 328 g/mol. The lowest BCUT2D eigenvalue weighted by atomic mass is 9.91. The van der Waals surface area contributed by atoms with Crippen LogP contribution in [-0.2, 0) is 9.47 Å². The summed E-state index contributed by atoms with van der Waals surface area (Å²) in [4.78, 5) is 14.1. The largest absolute Gasteiger partial charge is 0.444 e. The molecule has 1 heterocycles. The Kier molecular flexibility index (Phi) is 7.33. The van der Waals surface area contributed by atoms with Crippen molar-refractivity contribution < 1.29 is 14.3 Å². The molecule has 136 valence electrons. The minimum atomic E-state index is -0.431. The molecule has 0 aromatic heterocycles. The number of likely N-dealkylation sites (tertiary alicyclic amines) is 1. The maximum absolute atomic E-state index is 12.2. The van der Waals surface area contributed by atoms with E-state index in [2.05, 4.69) is 26.1 Å². The first-order chi connectivity index (χ1) is 10.5. The van der Waals surface area contributed by atoms with Crippen LogP contribution in [0.2, 0.25) is 0 Å². The van der Waals surface area contributed by atoms with Crippen molar-refractivity contribution in [2.75, 3.05) is 26.7 Å². The van der Waals surface area contributed by atoms with Gasteiger partial charge in [0.25, 0.3) is 0 Å². The van der Waals surface area contributed by atoms with Gasteiger partial charge in [0.1, 0.15) is 5.60 Å². The highest BCUT2D eigenvalue weighted by molar-refractivity contribution is 5.68. The van der Waals surface area contributed by atoms with Crippen molar-refractivity contribution in [3.8, 4) is 0 Å². The second-order valence-corrected chi connectivity index (χ2v) is 8.29. The van der Waals surface area contributed by atoms with Gasteiger partial charge in [-0.3, -0.25) is 0 Å². The van der Waals surface area contributed by atoms with E-state index in [0.717, 1.165) is 38.9 Å². The number of piperidine rings is 1. The molecule has 0 aromatic carbocycles. The normalized spacial score (nSPS) is 21.2. The molecule has 2 unspecified atom stereocenters. The highest BCUT2D eigenvalue weighted by atomic mass is 16.6. The Morgan fingerprint density at radius 3 is 2.52 bits per heavy atom. The molecule has 0 saturated carbocycles. The summed E-state index contributed by atoms with van der Waals surface area (Å²) in [5, 5.41) is 3.59. The third-order valence-corrected chi connectivity index (χ3v) is 4.56. The predicted octanol–water partition coefficient (Wildman–Crippen LogP) is 3.43. The summed E-state index contributed by atoms with van der Waals surface area (Å²) in [6, 6.07) is 0.382. The minimum Gasteiger partial charge on any atom is -0.444 e. The van der Waals surface area contributed by atoms with Gasteiger partial charge in [0.2, 0.25) is 0 Å². The fraction of sp³-hybridized carbons (Fsp3) is 0.944. The van der Waals surface area contributed by atoms with E-state index in [4.69, 9.17) is 9.47 Å². The summed E-state index contributed by atoms with van der Waals surface area (Å²) in [5.41, 5.74) is -0.526. The highest BCUT2D eigenvalue weighted by Gasteiger charge is 2.30. The molecule has 0 aromatic rings. The molecule has 2 atom stereocenters. The first-order valence-electron chi connectivity index (χ1n) is 8.80.